The van der Waals surface area contributed by atoms with E-state index in [0.29, 0.717) is 13.0 Å². The highest BCUT2D eigenvalue weighted by Crippen LogP contribution is 2.46. The number of carboxylic acids is 1. The molecule has 2 fully saturated rings. The number of nitrogens with one attached hydrogen (secondary N) is 1. The van der Waals surface area contributed by atoms with Crippen molar-refractivity contribution in [1.82, 2.24) is 10.2 Å². The largest absolute Gasteiger partial charge is 0.480 e. The molecule has 1 aliphatic heterocycles. The molecule has 2 amide bonds. The van der Waals surface area contributed by atoms with Crippen molar-refractivity contribution in [3.63, 3.8) is 0 Å². The highest BCUT2D eigenvalue weighted by atomic mass is 16.4. The molecule has 0 spiro atoms. The van der Waals surface area contributed by atoms with Crippen LogP contribution in [0.4, 0.5) is 0 Å². The number of amides is 2. The molecule has 2 aliphatic rings. The summed E-state index contributed by atoms with van der Waals surface area (Å²) in [6.07, 6.45) is 0.646. The molecule has 1 saturated carbocycles. The number of carbonyl (C=O) groups is 3. The van der Waals surface area contributed by atoms with Gasteiger partial charge in [-0.2, -0.15) is 0 Å². The van der Waals surface area contributed by atoms with Gasteiger partial charge in [0, 0.05) is 0 Å². The molecule has 0 aromatic carbocycles. The average molecular weight is 226 g/mol. The topological polar surface area (TPSA) is 86.7 Å². The van der Waals surface area contributed by atoms with Crippen molar-refractivity contribution in [2.75, 3.05) is 13.1 Å². The van der Waals surface area contributed by atoms with Crippen molar-refractivity contribution in [2.24, 2.45) is 11.8 Å². The van der Waals surface area contributed by atoms with Crippen LogP contribution in [0.5, 0.6) is 0 Å². The molecule has 1 aliphatic carbocycles. The van der Waals surface area contributed by atoms with Gasteiger partial charge >= 0.3 is 5.97 Å². The molecule has 6 nitrogen and oxygen atoms in total. The first-order valence-electron chi connectivity index (χ1n) is 5.37. The minimum absolute atomic E-state index is 0.0617. The Balaban J connectivity index is 2.00. The predicted molar refractivity (Wildman–Crippen MR) is 53.4 cm³/mol. The predicted octanol–water partition coefficient (Wildman–Crippen LogP) is -0.946. The Morgan fingerprint density at radius 3 is 2.50 bits per heavy atom. The molecular formula is C10H14N2O4. The Morgan fingerprint density at radius 1 is 1.50 bits per heavy atom. The van der Waals surface area contributed by atoms with E-state index in [1.807, 2.05) is 0 Å². The van der Waals surface area contributed by atoms with E-state index in [9.17, 15) is 14.4 Å². The second kappa shape index (κ2) is 3.86. The molecule has 0 bridgehead atoms. The normalized spacial score (nSPS) is 29.2. The fourth-order valence-corrected chi connectivity index (χ4v) is 2.09. The van der Waals surface area contributed by atoms with Gasteiger partial charge in [0.05, 0.1) is 18.4 Å². The lowest BCUT2D eigenvalue weighted by atomic mass is 10.2. The van der Waals surface area contributed by atoms with Gasteiger partial charge in [0.2, 0.25) is 11.8 Å². The molecule has 2 rings (SSSR count). The number of fused-ring (bicyclic) bond motifs is 1. The van der Waals surface area contributed by atoms with Crippen molar-refractivity contribution < 1.29 is 19.5 Å². The van der Waals surface area contributed by atoms with Crippen molar-refractivity contribution in [3.8, 4) is 0 Å². The second-order valence-corrected chi connectivity index (χ2v) is 4.18. The number of aliphatic carboxylic acids is 1. The molecule has 3 atom stereocenters. The van der Waals surface area contributed by atoms with Crippen molar-refractivity contribution in [3.05, 3.63) is 0 Å². The zero-order chi connectivity index (χ0) is 11.9. The lowest BCUT2D eigenvalue weighted by molar-refractivity contribution is -0.144. The summed E-state index contributed by atoms with van der Waals surface area (Å²) in [6, 6.07) is -0.865. The number of likely N-dealkylation sites (tertiary alicyclic amines) is 1. The van der Waals surface area contributed by atoms with Gasteiger partial charge in [-0.3, -0.25) is 19.3 Å². The molecule has 0 aromatic heterocycles. The quantitative estimate of drug-likeness (QED) is 0.590. The van der Waals surface area contributed by atoms with Crippen LogP contribution >= 0.6 is 0 Å². The van der Waals surface area contributed by atoms with Crippen LogP contribution in [0.25, 0.3) is 0 Å². The van der Waals surface area contributed by atoms with E-state index in [4.69, 9.17) is 5.11 Å². The number of imide groups is 1. The highest BCUT2D eigenvalue weighted by Gasteiger charge is 2.59. The van der Waals surface area contributed by atoms with Crippen LogP contribution in [0.15, 0.2) is 0 Å². The Morgan fingerprint density at radius 2 is 2.06 bits per heavy atom. The number of nitrogens with zero attached hydrogens (tertiary/aromatic N) is 1. The summed E-state index contributed by atoms with van der Waals surface area (Å²) in [7, 11) is 0. The number of piperidine rings is 1. The molecule has 2 N–H and O–H groups in total. The Labute approximate surface area is 92.6 Å². The maximum Gasteiger partial charge on any atom is 0.322 e. The summed E-state index contributed by atoms with van der Waals surface area (Å²) in [5, 5.41) is 11.6. The van der Waals surface area contributed by atoms with Crippen LogP contribution in [0, 0.1) is 11.8 Å². The van der Waals surface area contributed by atoms with E-state index in [1.165, 1.54) is 0 Å². The van der Waals surface area contributed by atoms with E-state index < -0.39 is 12.0 Å². The lowest BCUT2D eigenvalue weighted by Crippen LogP contribution is -2.48. The minimum atomic E-state index is -1.04. The summed E-state index contributed by atoms with van der Waals surface area (Å²) in [5.74, 6) is -1.78. The first kappa shape index (κ1) is 11.1. The summed E-state index contributed by atoms with van der Waals surface area (Å²) in [6.45, 7) is 2.20. The Bertz CT molecular complexity index is 335. The summed E-state index contributed by atoms with van der Waals surface area (Å²) in [5.41, 5.74) is 0. The smallest absolute Gasteiger partial charge is 0.322 e. The van der Waals surface area contributed by atoms with E-state index >= 15 is 0 Å². The minimum Gasteiger partial charge on any atom is -0.480 e. The maximum absolute atomic E-state index is 11.6. The molecular weight excluding hydrogens is 212 g/mol. The first-order valence-corrected chi connectivity index (χ1v) is 5.37. The van der Waals surface area contributed by atoms with Gasteiger partial charge in [0.1, 0.15) is 6.04 Å². The molecule has 0 radical (unpaired) electrons. The Kier molecular flexibility index (Phi) is 2.67. The number of hydrogen-bond acceptors (Lipinski definition) is 4. The highest BCUT2D eigenvalue weighted by molar-refractivity contribution is 6.09. The fourth-order valence-electron chi connectivity index (χ4n) is 2.09. The van der Waals surface area contributed by atoms with Crippen molar-refractivity contribution in [1.29, 1.82) is 0 Å². The molecule has 16 heavy (non-hydrogen) atoms. The van der Waals surface area contributed by atoms with Crippen LogP contribution in [0.2, 0.25) is 0 Å². The first-order chi connectivity index (χ1) is 7.56. The van der Waals surface area contributed by atoms with Gasteiger partial charge < -0.3 is 10.4 Å². The summed E-state index contributed by atoms with van der Waals surface area (Å²) in [4.78, 5) is 35.2. The van der Waals surface area contributed by atoms with E-state index in [-0.39, 0.29) is 30.2 Å². The van der Waals surface area contributed by atoms with Gasteiger partial charge in [-0.05, 0) is 13.0 Å². The maximum atomic E-state index is 11.6. The van der Waals surface area contributed by atoms with Crippen molar-refractivity contribution >= 4 is 17.8 Å². The third-order valence-corrected chi connectivity index (χ3v) is 3.07. The van der Waals surface area contributed by atoms with Crippen molar-refractivity contribution in [2.45, 2.75) is 19.4 Å². The molecule has 6 heteroatoms. The molecule has 1 heterocycles. The van der Waals surface area contributed by atoms with E-state index in [0.717, 1.165) is 4.90 Å². The Hall–Kier alpha value is -1.43. The van der Waals surface area contributed by atoms with Gasteiger partial charge in [-0.1, -0.05) is 6.92 Å². The molecule has 0 aromatic rings. The standard InChI is InChI=1S/C10H14N2O4/c1-2-11-7(10(15)16)4-12-8(13)5-3-6(5)9(12)14/h5-7,11H,2-4H2,1H3,(H,15,16). The fraction of sp³-hybridized carbons (Fsp3) is 0.700. The SMILES string of the molecule is CCNC(CN1C(=O)C2CC2C1=O)C(=O)O. The van der Waals surface area contributed by atoms with Crippen LogP contribution in [-0.2, 0) is 14.4 Å². The monoisotopic (exact) mass is 226 g/mol. The summed E-state index contributed by atoms with van der Waals surface area (Å²) >= 11 is 0. The molecule has 88 valence electrons. The number of carbonyl (C=O) groups excluding carboxylic acids is 2. The van der Waals surface area contributed by atoms with Gasteiger partial charge in [0.15, 0.2) is 0 Å². The third kappa shape index (κ3) is 1.69. The summed E-state index contributed by atoms with van der Waals surface area (Å²) < 4.78 is 0. The molecule has 3 unspecified atom stereocenters. The lowest BCUT2D eigenvalue weighted by Gasteiger charge is -2.21. The number of carboxylic acid groups (broad SMARTS) is 1. The van der Waals surface area contributed by atoms with Crippen LogP contribution in [0.1, 0.15) is 13.3 Å². The average Bonchev–Trinajstić information content (AvgIpc) is 2.97. The number of likely N-dealkylation sites (N-methyl/N-ethyl adjacent to an activating group) is 1. The van der Waals surface area contributed by atoms with Gasteiger partial charge in [-0.15, -0.1) is 0 Å². The second-order valence-electron chi connectivity index (χ2n) is 4.18. The van der Waals surface area contributed by atoms with Crippen LogP contribution in [0.3, 0.4) is 0 Å². The van der Waals surface area contributed by atoms with Gasteiger partial charge in [-0.25, -0.2) is 0 Å². The zero-order valence-corrected chi connectivity index (χ0v) is 8.97. The van der Waals surface area contributed by atoms with E-state index in [2.05, 4.69) is 5.32 Å². The van der Waals surface area contributed by atoms with Crippen LogP contribution in [-0.4, -0.2) is 46.9 Å². The number of rotatable bonds is 5. The van der Waals surface area contributed by atoms with E-state index in [1.54, 1.807) is 6.92 Å². The van der Waals surface area contributed by atoms with Gasteiger partial charge in [0.25, 0.3) is 0 Å². The number of hydrogen-bond donors (Lipinski definition) is 2. The zero-order valence-electron chi connectivity index (χ0n) is 8.97. The third-order valence-electron chi connectivity index (χ3n) is 3.07. The van der Waals surface area contributed by atoms with Crippen LogP contribution < -0.4 is 5.32 Å². The molecule has 1 saturated heterocycles.